The second-order valence-electron chi connectivity index (χ2n) is 5.63. The number of hydrogen-bond acceptors (Lipinski definition) is 3. The minimum Gasteiger partial charge on any atom is -0.339 e. The highest BCUT2D eigenvalue weighted by Crippen LogP contribution is 2.24. The first-order valence-corrected chi connectivity index (χ1v) is 7.57. The van der Waals surface area contributed by atoms with Crippen molar-refractivity contribution in [3.05, 3.63) is 53.0 Å². The molecule has 2 heterocycles. The molecule has 1 aliphatic rings. The maximum absolute atomic E-state index is 13.1. The molecule has 1 fully saturated rings. The molecule has 1 aliphatic heterocycles. The number of aryl methyl sites for hydroxylation is 1. The molecule has 1 aromatic carbocycles. The van der Waals surface area contributed by atoms with Gasteiger partial charge in [0.15, 0.2) is 0 Å². The molecule has 23 heavy (non-hydrogen) atoms. The fraction of sp³-hybridized carbons (Fsp3) is 0.278. The van der Waals surface area contributed by atoms with Gasteiger partial charge in [0.2, 0.25) is 0 Å². The summed E-state index contributed by atoms with van der Waals surface area (Å²) < 4.78 is 13.1. The summed E-state index contributed by atoms with van der Waals surface area (Å²) in [5, 5.41) is 9.38. The quantitative estimate of drug-likeness (QED) is 0.855. The van der Waals surface area contributed by atoms with E-state index in [9.17, 15) is 14.4 Å². The van der Waals surface area contributed by atoms with Gasteiger partial charge < -0.3 is 4.90 Å². The van der Waals surface area contributed by atoms with Crippen LogP contribution in [0.2, 0.25) is 0 Å². The van der Waals surface area contributed by atoms with Gasteiger partial charge in [0.25, 0.3) is 5.91 Å². The SMILES string of the molecule is Cc1nc(-c2ccc(F)cc2)cc(C(=O)N2CCCC2)c1C#N. The molecule has 1 amide bonds. The van der Waals surface area contributed by atoms with Crippen molar-refractivity contribution in [2.24, 2.45) is 0 Å². The fourth-order valence-electron chi connectivity index (χ4n) is 2.84. The van der Waals surface area contributed by atoms with Crippen molar-refractivity contribution in [2.75, 3.05) is 13.1 Å². The number of amides is 1. The van der Waals surface area contributed by atoms with Gasteiger partial charge in [-0.15, -0.1) is 0 Å². The minimum atomic E-state index is -0.326. The number of halogens is 1. The molecular formula is C18H16FN3O. The maximum atomic E-state index is 13.1. The number of nitrogens with zero attached hydrogens (tertiary/aromatic N) is 3. The van der Waals surface area contributed by atoms with Crippen molar-refractivity contribution in [3.8, 4) is 17.3 Å². The largest absolute Gasteiger partial charge is 0.339 e. The van der Waals surface area contributed by atoms with Gasteiger partial charge in [0.1, 0.15) is 11.9 Å². The van der Waals surface area contributed by atoms with Gasteiger partial charge in [-0.3, -0.25) is 9.78 Å². The van der Waals surface area contributed by atoms with E-state index in [-0.39, 0.29) is 11.7 Å². The standard InChI is InChI=1S/C18H16FN3O/c1-12-16(11-20)15(18(23)22-8-2-3-9-22)10-17(21-12)13-4-6-14(19)7-5-13/h4-7,10H,2-3,8-9H2,1H3. The average molecular weight is 309 g/mol. The van der Waals surface area contributed by atoms with Crippen LogP contribution in [-0.2, 0) is 0 Å². The minimum absolute atomic E-state index is 0.132. The fourth-order valence-corrected chi connectivity index (χ4v) is 2.84. The molecule has 1 aromatic heterocycles. The van der Waals surface area contributed by atoms with Crippen LogP contribution in [0.25, 0.3) is 11.3 Å². The third-order valence-corrected chi connectivity index (χ3v) is 4.08. The lowest BCUT2D eigenvalue weighted by molar-refractivity contribution is 0.0792. The highest BCUT2D eigenvalue weighted by molar-refractivity contribution is 5.98. The number of pyridine rings is 1. The molecule has 2 aromatic rings. The number of carbonyl (C=O) groups is 1. The number of benzene rings is 1. The number of likely N-dealkylation sites (tertiary alicyclic amines) is 1. The molecule has 1 saturated heterocycles. The Labute approximate surface area is 134 Å². The maximum Gasteiger partial charge on any atom is 0.255 e. The van der Waals surface area contributed by atoms with Crippen molar-refractivity contribution in [1.29, 1.82) is 5.26 Å². The average Bonchev–Trinajstić information content (AvgIpc) is 3.08. The third kappa shape index (κ3) is 2.93. The molecule has 0 radical (unpaired) electrons. The smallest absolute Gasteiger partial charge is 0.255 e. The second-order valence-corrected chi connectivity index (χ2v) is 5.63. The first-order valence-electron chi connectivity index (χ1n) is 7.57. The van der Waals surface area contributed by atoms with Gasteiger partial charge in [-0.2, -0.15) is 5.26 Å². The molecule has 0 N–H and O–H groups in total. The van der Waals surface area contributed by atoms with E-state index >= 15 is 0 Å². The van der Waals surface area contributed by atoms with Gasteiger partial charge in [0.05, 0.1) is 22.5 Å². The monoisotopic (exact) mass is 309 g/mol. The summed E-state index contributed by atoms with van der Waals surface area (Å²) in [6.07, 6.45) is 1.98. The van der Waals surface area contributed by atoms with E-state index in [1.807, 2.05) is 0 Å². The van der Waals surface area contributed by atoms with E-state index in [4.69, 9.17) is 0 Å². The van der Waals surface area contributed by atoms with Crippen LogP contribution in [0, 0.1) is 24.1 Å². The number of hydrogen-bond donors (Lipinski definition) is 0. The highest BCUT2D eigenvalue weighted by atomic mass is 19.1. The Balaban J connectivity index is 2.08. The van der Waals surface area contributed by atoms with Crippen LogP contribution in [0.3, 0.4) is 0 Å². The van der Waals surface area contributed by atoms with Gasteiger partial charge in [-0.05, 0) is 50.1 Å². The van der Waals surface area contributed by atoms with Crippen LogP contribution in [0.15, 0.2) is 30.3 Å². The molecule has 5 heteroatoms. The lowest BCUT2D eigenvalue weighted by Crippen LogP contribution is -2.28. The molecular weight excluding hydrogens is 293 g/mol. The Morgan fingerprint density at radius 3 is 2.52 bits per heavy atom. The van der Waals surface area contributed by atoms with E-state index in [1.165, 1.54) is 12.1 Å². The Kier molecular flexibility index (Phi) is 4.07. The lowest BCUT2D eigenvalue weighted by Gasteiger charge is -2.17. The number of aromatic nitrogens is 1. The van der Waals surface area contributed by atoms with Gasteiger partial charge in [-0.25, -0.2) is 4.39 Å². The summed E-state index contributed by atoms with van der Waals surface area (Å²) in [5.74, 6) is -0.458. The van der Waals surface area contributed by atoms with E-state index in [0.717, 1.165) is 31.5 Å². The summed E-state index contributed by atoms with van der Waals surface area (Å²) in [6, 6.07) is 9.67. The number of rotatable bonds is 2. The molecule has 4 nitrogen and oxygen atoms in total. The van der Waals surface area contributed by atoms with Crippen LogP contribution in [0.5, 0.6) is 0 Å². The number of carbonyl (C=O) groups excluding carboxylic acids is 1. The van der Waals surface area contributed by atoms with Crippen molar-refractivity contribution < 1.29 is 9.18 Å². The second kappa shape index (κ2) is 6.17. The molecule has 3 rings (SSSR count). The lowest BCUT2D eigenvalue weighted by atomic mass is 10.0. The van der Waals surface area contributed by atoms with E-state index < -0.39 is 0 Å². The topological polar surface area (TPSA) is 57.0 Å². The summed E-state index contributed by atoms with van der Waals surface area (Å²) >= 11 is 0. The van der Waals surface area contributed by atoms with Crippen LogP contribution < -0.4 is 0 Å². The summed E-state index contributed by atoms with van der Waals surface area (Å²) in [4.78, 5) is 18.9. The first kappa shape index (κ1) is 15.2. The Morgan fingerprint density at radius 1 is 1.26 bits per heavy atom. The van der Waals surface area contributed by atoms with Crippen molar-refractivity contribution in [3.63, 3.8) is 0 Å². The zero-order valence-corrected chi connectivity index (χ0v) is 12.8. The van der Waals surface area contributed by atoms with E-state index in [1.54, 1.807) is 30.0 Å². The van der Waals surface area contributed by atoms with E-state index in [0.29, 0.717) is 22.5 Å². The highest BCUT2D eigenvalue weighted by Gasteiger charge is 2.24. The van der Waals surface area contributed by atoms with Crippen LogP contribution in [0.1, 0.15) is 34.5 Å². The molecule has 0 unspecified atom stereocenters. The Bertz CT molecular complexity index is 787. The first-order chi connectivity index (χ1) is 11.1. The predicted molar refractivity (Wildman–Crippen MR) is 84.2 cm³/mol. The van der Waals surface area contributed by atoms with Gasteiger partial charge in [-0.1, -0.05) is 0 Å². The number of nitriles is 1. The molecule has 0 bridgehead atoms. The zero-order valence-electron chi connectivity index (χ0n) is 12.8. The summed E-state index contributed by atoms with van der Waals surface area (Å²) in [5.41, 5.74) is 2.49. The Morgan fingerprint density at radius 2 is 1.91 bits per heavy atom. The molecule has 0 spiro atoms. The van der Waals surface area contributed by atoms with Crippen molar-refractivity contribution >= 4 is 5.91 Å². The third-order valence-electron chi connectivity index (χ3n) is 4.08. The molecule has 116 valence electrons. The molecule has 0 saturated carbocycles. The van der Waals surface area contributed by atoms with Gasteiger partial charge >= 0.3 is 0 Å². The van der Waals surface area contributed by atoms with Crippen molar-refractivity contribution in [1.82, 2.24) is 9.88 Å². The zero-order chi connectivity index (χ0) is 16.4. The normalized spacial score (nSPS) is 13.9. The van der Waals surface area contributed by atoms with E-state index in [2.05, 4.69) is 11.1 Å². The molecule has 0 aliphatic carbocycles. The summed E-state index contributed by atoms with van der Waals surface area (Å²) in [7, 11) is 0. The molecule has 0 atom stereocenters. The van der Waals surface area contributed by atoms with Crippen LogP contribution in [0.4, 0.5) is 4.39 Å². The van der Waals surface area contributed by atoms with Crippen LogP contribution in [-0.4, -0.2) is 28.9 Å². The Hall–Kier alpha value is -2.74. The van der Waals surface area contributed by atoms with Gasteiger partial charge in [0, 0.05) is 18.7 Å². The van der Waals surface area contributed by atoms with Crippen molar-refractivity contribution in [2.45, 2.75) is 19.8 Å². The predicted octanol–water partition coefficient (Wildman–Crippen LogP) is 3.30. The van der Waals surface area contributed by atoms with Crippen LogP contribution >= 0.6 is 0 Å². The summed E-state index contributed by atoms with van der Waals surface area (Å²) in [6.45, 7) is 3.15.